The van der Waals surface area contributed by atoms with E-state index in [1.165, 1.54) is 19.3 Å². The Morgan fingerprint density at radius 3 is 2.07 bits per heavy atom. The third kappa shape index (κ3) is 5.63. The molecule has 2 amide bonds. The molecule has 0 unspecified atom stereocenters. The molecular formula is C23H39N3O. The maximum absolute atomic E-state index is 13.4. The van der Waals surface area contributed by atoms with Gasteiger partial charge < -0.3 is 15.1 Å². The number of carbonyl (C=O) groups is 1. The van der Waals surface area contributed by atoms with Gasteiger partial charge in [0.15, 0.2) is 0 Å². The quantitative estimate of drug-likeness (QED) is 0.582. The lowest BCUT2D eigenvalue weighted by Crippen LogP contribution is -2.57. The van der Waals surface area contributed by atoms with Crippen LogP contribution >= 0.6 is 0 Å². The number of hydrogen-bond donors (Lipinski definition) is 1. The zero-order chi connectivity index (χ0) is 19.9. The molecule has 2 rings (SSSR count). The first kappa shape index (κ1) is 21.6. The van der Waals surface area contributed by atoms with E-state index in [4.69, 9.17) is 0 Å². The molecule has 4 heteroatoms. The first-order chi connectivity index (χ1) is 12.9. The fourth-order valence-corrected chi connectivity index (χ4v) is 4.50. The highest BCUT2D eigenvalue weighted by Crippen LogP contribution is 2.37. The smallest absolute Gasteiger partial charge is 0.322 e. The van der Waals surface area contributed by atoms with E-state index in [-0.39, 0.29) is 11.6 Å². The number of anilines is 2. The Hall–Kier alpha value is -1.71. The Bertz CT molecular complexity index is 570. The van der Waals surface area contributed by atoms with Gasteiger partial charge in [-0.15, -0.1) is 0 Å². The largest absolute Gasteiger partial charge is 0.378 e. The molecule has 0 radical (unpaired) electrons. The Morgan fingerprint density at radius 1 is 1.04 bits per heavy atom. The molecule has 0 bridgehead atoms. The summed E-state index contributed by atoms with van der Waals surface area (Å²) < 4.78 is 0. The third-order valence-corrected chi connectivity index (χ3v) is 5.98. The summed E-state index contributed by atoms with van der Waals surface area (Å²) in [5.41, 5.74) is 1.99. The molecule has 0 aromatic heterocycles. The second kappa shape index (κ2) is 10.0. The molecule has 1 aliphatic carbocycles. The van der Waals surface area contributed by atoms with Gasteiger partial charge in [0.1, 0.15) is 0 Å². The molecule has 1 aromatic carbocycles. The molecule has 27 heavy (non-hydrogen) atoms. The van der Waals surface area contributed by atoms with Crippen LogP contribution in [0, 0.1) is 0 Å². The van der Waals surface area contributed by atoms with Gasteiger partial charge in [-0.05, 0) is 56.9 Å². The van der Waals surface area contributed by atoms with E-state index < -0.39 is 0 Å². The molecule has 1 aromatic rings. The number of amides is 2. The molecule has 0 heterocycles. The van der Waals surface area contributed by atoms with Crippen LogP contribution < -0.4 is 10.2 Å². The van der Waals surface area contributed by atoms with E-state index in [9.17, 15) is 4.79 Å². The SMILES string of the molecule is CCCC(CCC)N(C(=O)Nc1ccc(N(C)C)cc1)C1(C)CCCCC1. The van der Waals surface area contributed by atoms with Crippen molar-refractivity contribution in [3.63, 3.8) is 0 Å². The van der Waals surface area contributed by atoms with Gasteiger partial charge in [-0.3, -0.25) is 0 Å². The standard InChI is InChI=1S/C23H39N3O/c1-6-11-21(12-7-2)26(23(3)17-9-8-10-18-23)22(27)24-19-13-15-20(16-14-19)25(4)5/h13-16,21H,6-12,17-18H2,1-5H3,(H,24,27). The summed E-state index contributed by atoms with van der Waals surface area (Å²) >= 11 is 0. The maximum Gasteiger partial charge on any atom is 0.322 e. The first-order valence-electron chi connectivity index (χ1n) is 10.8. The fourth-order valence-electron chi connectivity index (χ4n) is 4.50. The third-order valence-electron chi connectivity index (χ3n) is 5.98. The average molecular weight is 374 g/mol. The molecule has 1 aliphatic rings. The van der Waals surface area contributed by atoms with Crippen molar-refractivity contribution in [1.29, 1.82) is 0 Å². The maximum atomic E-state index is 13.4. The van der Waals surface area contributed by atoms with Crippen LogP contribution in [0.1, 0.15) is 78.6 Å². The van der Waals surface area contributed by atoms with Crippen molar-refractivity contribution < 1.29 is 4.79 Å². The number of rotatable bonds is 8. The van der Waals surface area contributed by atoms with Crippen LogP contribution in [-0.2, 0) is 0 Å². The lowest BCUT2D eigenvalue weighted by molar-refractivity contribution is 0.0582. The first-order valence-corrected chi connectivity index (χ1v) is 10.8. The molecule has 0 aliphatic heterocycles. The van der Waals surface area contributed by atoms with Gasteiger partial charge in [-0.25, -0.2) is 4.79 Å². The number of hydrogen-bond acceptors (Lipinski definition) is 2. The van der Waals surface area contributed by atoms with Crippen LogP contribution in [0.3, 0.4) is 0 Å². The minimum atomic E-state index is -0.0269. The summed E-state index contributed by atoms with van der Waals surface area (Å²) in [6, 6.07) is 8.51. The van der Waals surface area contributed by atoms with Crippen molar-refractivity contribution >= 4 is 17.4 Å². The zero-order valence-electron chi connectivity index (χ0n) is 18.1. The van der Waals surface area contributed by atoms with E-state index in [2.05, 4.69) is 48.0 Å². The topological polar surface area (TPSA) is 35.6 Å². The van der Waals surface area contributed by atoms with E-state index in [1.807, 2.05) is 26.2 Å². The van der Waals surface area contributed by atoms with Crippen LogP contribution in [0.15, 0.2) is 24.3 Å². The lowest BCUT2D eigenvalue weighted by atomic mass is 9.80. The molecule has 0 spiro atoms. The van der Waals surface area contributed by atoms with E-state index in [0.717, 1.165) is 49.9 Å². The monoisotopic (exact) mass is 373 g/mol. The van der Waals surface area contributed by atoms with Crippen molar-refractivity contribution in [1.82, 2.24) is 4.90 Å². The van der Waals surface area contributed by atoms with Crippen LogP contribution in [0.2, 0.25) is 0 Å². The summed E-state index contributed by atoms with van der Waals surface area (Å²) in [4.78, 5) is 17.7. The van der Waals surface area contributed by atoms with Gasteiger partial charge >= 0.3 is 6.03 Å². The van der Waals surface area contributed by atoms with Crippen LogP contribution in [-0.4, -0.2) is 36.6 Å². The van der Waals surface area contributed by atoms with Crippen LogP contribution in [0.5, 0.6) is 0 Å². The van der Waals surface area contributed by atoms with Gasteiger partial charge in [0.2, 0.25) is 0 Å². The van der Waals surface area contributed by atoms with E-state index >= 15 is 0 Å². The average Bonchev–Trinajstić information content (AvgIpc) is 2.63. The molecule has 0 atom stereocenters. The number of carbonyl (C=O) groups excluding carboxylic acids is 1. The number of nitrogens with zero attached hydrogens (tertiary/aromatic N) is 2. The van der Waals surface area contributed by atoms with Crippen molar-refractivity contribution in [2.45, 2.75) is 90.1 Å². The predicted molar refractivity (Wildman–Crippen MR) is 117 cm³/mol. The van der Waals surface area contributed by atoms with Crippen LogP contribution in [0.25, 0.3) is 0 Å². The zero-order valence-corrected chi connectivity index (χ0v) is 18.1. The Balaban J connectivity index is 2.23. The van der Waals surface area contributed by atoms with Crippen molar-refractivity contribution in [3.05, 3.63) is 24.3 Å². The van der Waals surface area contributed by atoms with Gasteiger partial charge in [-0.1, -0.05) is 46.0 Å². The minimum Gasteiger partial charge on any atom is -0.378 e. The number of benzene rings is 1. The molecule has 1 fully saturated rings. The summed E-state index contributed by atoms with van der Waals surface area (Å²) in [5, 5.41) is 3.20. The molecule has 1 saturated carbocycles. The summed E-state index contributed by atoms with van der Waals surface area (Å²) in [6.07, 6.45) is 10.4. The van der Waals surface area contributed by atoms with Gasteiger partial charge in [0.25, 0.3) is 0 Å². The highest BCUT2D eigenvalue weighted by Gasteiger charge is 2.40. The molecule has 1 N–H and O–H groups in total. The second-order valence-corrected chi connectivity index (χ2v) is 8.53. The van der Waals surface area contributed by atoms with Gasteiger partial charge in [0.05, 0.1) is 0 Å². The predicted octanol–water partition coefficient (Wildman–Crippen LogP) is 6.28. The normalized spacial score (nSPS) is 16.2. The number of urea groups is 1. The second-order valence-electron chi connectivity index (χ2n) is 8.53. The van der Waals surface area contributed by atoms with Gasteiger partial charge in [0, 0.05) is 37.1 Å². The van der Waals surface area contributed by atoms with E-state index in [1.54, 1.807) is 0 Å². The van der Waals surface area contributed by atoms with Crippen molar-refractivity contribution in [3.8, 4) is 0 Å². The summed E-state index contributed by atoms with van der Waals surface area (Å²) in [7, 11) is 4.05. The molecular weight excluding hydrogens is 334 g/mol. The van der Waals surface area contributed by atoms with Crippen molar-refractivity contribution in [2.75, 3.05) is 24.3 Å². The minimum absolute atomic E-state index is 0.0269. The van der Waals surface area contributed by atoms with Crippen molar-refractivity contribution in [2.24, 2.45) is 0 Å². The molecule has 152 valence electrons. The Morgan fingerprint density at radius 2 is 1.59 bits per heavy atom. The Labute approximate surface area is 166 Å². The number of nitrogens with one attached hydrogen (secondary N) is 1. The highest BCUT2D eigenvalue weighted by molar-refractivity contribution is 5.90. The van der Waals surface area contributed by atoms with Gasteiger partial charge in [-0.2, -0.15) is 0 Å². The van der Waals surface area contributed by atoms with Crippen LogP contribution in [0.4, 0.5) is 16.2 Å². The fraction of sp³-hybridized carbons (Fsp3) is 0.696. The Kier molecular flexibility index (Phi) is 8.00. The molecule has 4 nitrogen and oxygen atoms in total. The lowest BCUT2D eigenvalue weighted by Gasteiger charge is -2.48. The highest BCUT2D eigenvalue weighted by atomic mass is 16.2. The summed E-state index contributed by atoms with van der Waals surface area (Å²) in [6.45, 7) is 6.75. The summed E-state index contributed by atoms with van der Waals surface area (Å²) in [5.74, 6) is 0. The molecule has 0 saturated heterocycles. The van der Waals surface area contributed by atoms with E-state index in [0.29, 0.717) is 6.04 Å².